The van der Waals surface area contributed by atoms with E-state index in [2.05, 4.69) is 0 Å². The first-order valence-electron chi connectivity index (χ1n) is 8.11. The van der Waals surface area contributed by atoms with Gasteiger partial charge in [-0.15, -0.1) is 0 Å². The Morgan fingerprint density at radius 3 is 2.86 bits per heavy atom. The normalized spacial score (nSPS) is 36.0. The first-order valence-corrected chi connectivity index (χ1v) is 8.11. The highest BCUT2D eigenvalue weighted by atomic mass is 16.5. The second-order valence-corrected chi connectivity index (χ2v) is 7.04. The Balaban J connectivity index is 1.45. The van der Waals surface area contributed by atoms with Gasteiger partial charge in [0.15, 0.2) is 0 Å². The van der Waals surface area contributed by atoms with Crippen molar-refractivity contribution < 1.29 is 9.53 Å². The summed E-state index contributed by atoms with van der Waals surface area (Å²) < 4.78 is 6.04. The maximum Gasteiger partial charge on any atom is 0.150 e. The lowest BCUT2D eigenvalue weighted by Crippen LogP contribution is -2.32. The molecule has 3 aliphatic rings. The average Bonchev–Trinajstić information content (AvgIpc) is 3.16. The van der Waals surface area contributed by atoms with Crippen LogP contribution < -0.4 is 4.74 Å². The smallest absolute Gasteiger partial charge is 0.150 e. The summed E-state index contributed by atoms with van der Waals surface area (Å²) in [5.74, 6) is 3.50. The SMILES string of the molecule is CC=Cc1cc(C=O)cc(OCC2CC3CC34CCC24)c1. The van der Waals surface area contributed by atoms with E-state index in [4.69, 9.17) is 4.74 Å². The second-order valence-electron chi connectivity index (χ2n) is 7.04. The Morgan fingerprint density at radius 2 is 2.19 bits per heavy atom. The molecular formula is C19H22O2. The zero-order valence-electron chi connectivity index (χ0n) is 12.5. The highest BCUT2D eigenvalue weighted by Gasteiger charge is 2.70. The minimum absolute atomic E-state index is 0.690. The Morgan fingerprint density at radius 1 is 1.33 bits per heavy atom. The molecule has 4 rings (SSSR count). The van der Waals surface area contributed by atoms with Crippen molar-refractivity contribution in [2.75, 3.05) is 6.61 Å². The molecule has 0 aromatic heterocycles. The quantitative estimate of drug-likeness (QED) is 0.751. The summed E-state index contributed by atoms with van der Waals surface area (Å²) in [4.78, 5) is 11.0. The fourth-order valence-corrected chi connectivity index (χ4v) is 4.87. The van der Waals surface area contributed by atoms with Gasteiger partial charge >= 0.3 is 0 Å². The summed E-state index contributed by atoms with van der Waals surface area (Å²) >= 11 is 0. The van der Waals surface area contributed by atoms with Crippen molar-refractivity contribution in [3.63, 3.8) is 0 Å². The Hall–Kier alpha value is -1.57. The van der Waals surface area contributed by atoms with Gasteiger partial charge in [0.05, 0.1) is 6.61 Å². The van der Waals surface area contributed by atoms with E-state index in [1.807, 2.05) is 37.3 Å². The molecule has 4 unspecified atom stereocenters. The fraction of sp³-hybridized carbons (Fsp3) is 0.526. The van der Waals surface area contributed by atoms with Crippen LogP contribution in [-0.2, 0) is 0 Å². The lowest BCUT2D eigenvalue weighted by molar-refractivity contribution is 0.0859. The largest absolute Gasteiger partial charge is 0.493 e. The number of carbonyl (C=O) groups is 1. The van der Waals surface area contributed by atoms with Crippen molar-refractivity contribution in [2.45, 2.75) is 32.6 Å². The molecule has 0 N–H and O–H groups in total. The minimum Gasteiger partial charge on any atom is -0.493 e. The number of hydrogen-bond donors (Lipinski definition) is 0. The summed E-state index contributed by atoms with van der Waals surface area (Å²) in [5.41, 5.74) is 2.48. The van der Waals surface area contributed by atoms with Gasteiger partial charge in [0, 0.05) is 5.56 Å². The first-order chi connectivity index (χ1) is 10.2. The van der Waals surface area contributed by atoms with E-state index >= 15 is 0 Å². The van der Waals surface area contributed by atoms with Crippen LogP contribution in [0.3, 0.4) is 0 Å². The van der Waals surface area contributed by atoms with Crippen molar-refractivity contribution in [1.82, 2.24) is 0 Å². The monoisotopic (exact) mass is 282 g/mol. The van der Waals surface area contributed by atoms with Gasteiger partial charge in [-0.1, -0.05) is 12.2 Å². The molecule has 3 fully saturated rings. The molecule has 2 heteroatoms. The van der Waals surface area contributed by atoms with E-state index in [0.29, 0.717) is 5.56 Å². The van der Waals surface area contributed by atoms with Gasteiger partial charge in [0.2, 0.25) is 0 Å². The summed E-state index contributed by atoms with van der Waals surface area (Å²) in [6.45, 7) is 2.80. The van der Waals surface area contributed by atoms with Crippen molar-refractivity contribution in [1.29, 1.82) is 0 Å². The summed E-state index contributed by atoms with van der Waals surface area (Å²) in [5, 5.41) is 0. The Bertz CT molecular complexity index is 600. The fourth-order valence-electron chi connectivity index (χ4n) is 4.87. The van der Waals surface area contributed by atoms with Gasteiger partial charge in [0.1, 0.15) is 12.0 Å². The van der Waals surface area contributed by atoms with Crippen LogP contribution in [0, 0.1) is 23.2 Å². The van der Waals surface area contributed by atoms with Gasteiger partial charge in [-0.3, -0.25) is 4.79 Å². The van der Waals surface area contributed by atoms with Crippen LogP contribution in [0.4, 0.5) is 0 Å². The number of carbonyl (C=O) groups excluding carboxylic acids is 1. The molecule has 110 valence electrons. The van der Waals surface area contributed by atoms with E-state index in [9.17, 15) is 4.79 Å². The van der Waals surface area contributed by atoms with Crippen LogP contribution in [-0.4, -0.2) is 12.9 Å². The molecule has 1 aromatic carbocycles. The molecular weight excluding hydrogens is 260 g/mol. The van der Waals surface area contributed by atoms with Crippen LogP contribution in [0.15, 0.2) is 24.3 Å². The molecule has 0 heterocycles. The van der Waals surface area contributed by atoms with E-state index in [0.717, 1.165) is 47.4 Å². The molecule has 0 saturated heterocycles. The number of rotatable bonds is 5. The second kappa shape index (κ2) is 4.72. The van der Waals surface area contributed by atoms with Crippen LogP contribution in [0.25, 0.3) is 6.08 Å². The minimum atomic E-state index is 0.690. The lowest BCUT2D eigenvalue weighted by Gasteiger charge is -2.38. The molecule has 1 spiro atoms. The van der Waals surface area contributed by atoms with Crippen molar-refractivity contribution in [3.8, 4) is 5.75 Å². The predicted octanol–water partition coefficient (Wildman–Crippen LogP) is 4.35. The highest BCUT2D eigenvalue weighted by Crippen LogP contribution is 2.77. The summed E-state index contributed by atoms with van der Waals surface area (Å²) in [6, 6.07) is 5.77. The van der Waals surface area contributed by atoms with Gasteiger partial charge in [0.25, 0.3) is 0 Å². The number of aldehydes is 1. The zero-order chi connectivity index (χ0) is 14.4. The van der Waals surface area contributed by atoms with Crippen LogP contribution in [0.2, 0.25) is 0 Å². The van der Waals surface area contributed by atoms with Crippen LogP contribution in [0.5, 0.6) is 5.75 Å². The lowest BCUT2D eigenvalue weighted by atomic mass is 9.68. The predicted molar refractivity (Wildman–Crippen MR) is 83.4 cm³/mol. The third-order valence-electron chi connectivity index (χ3n) is 6.01. The highest BCUT2D eigenvalue weighted by molar-refractivity contribution is 5.77. The standard InChI is InChI=1S/C19H22O2/c1-2-3-13-6-14(11-20)8-17(7-13)21-12-15-9-16-10-19(16)5-4-18(15)19/h2-3,6-8,11,15-16,18H,4-5,9-10,12H2,1H3. The third kappa shape index (κ3) is 2.04. The number of hydrogen-bond acceptors (Lipinski definition) is 2. The first kappa shape index (κ1) is 13.1. The zero-order valence-corrected chi connectivity index (χ0v) is 12.5. The maximum absolute atomic E-state index is 11.0. The van der Waals surface area contributed by atoms with E-state index in [-0.39, 0.29) is 0 Å². The molecule has 3 saturated carbocycles. The molecule has 4 atom stereocenters. The van der Waals surface area contributed by atoms with E-state index in [1.54, 1.807) is 0 Å². The summed E-state index contributed by atoms with van der Waals surface area (Å²) in [7, 11) is 0. The maximum atomic E-state index is 11.0. The van der Waals surface area contributed by atoms with Crippen molar-refractivity contribution in [3.05, 3.63) is 35.4 Å². The number of benzene rings is 1. The van der Waals surface area contributed by atoms with Crippen molar-refractivity contribution >= 4 is 12.4 Å². The van der Waals surface area contributed by atoms with Gasteiger partial charge in [-0.05, 0) is 79.5 Å². The van der Waals surface area contributed by atoms with E-state index in [1.165, 1.54) is 25.7 Å². The molecule has 3 aliphatic carbocycles. The molecule has 0 amide bonds. The molecule has 1 aromatic rings. The molecule has 0 radical (unpaired) electrons. The van der Waals surface area contributed by atoms with Crippen LogP contribution in [0.1, 0.15) is 48.5 Å². The Labute approximate surface area is 126 Å². The molecule has 0 aliphatic heterocycles. The van der Waals surface area contributed by atoms with Crippen LogP contribution >= 0.6 is 0 Å². The average molecular weight is 282 g/mol. The van der Waals surface area contributed by atoms with Gasteiger partial charge < -0.3 is 4.74 Å². The molecule has 0 bridgehead atoms. The van der Waals surface area contributed by atoms with E-state index < -0.39 is 0 Å². The Kier molecular flexibility index (Phi) is 2.95. The van der Waals surface area contributed by atoms with Gasteiger partial charge in [-0.2, -0.15) is 0 Å². The topological polar surface area (TPSA) is 26.3 Å². The summed E-state index contributed by atoms with van der Waals surface area (Å²) in [6.07, 6.45) is 10.6. The van der Waals surface area contributed by atoms with Gasteiger partial charge in [-0.25, -0.2) is 0 Å². The number of ether oxygens (including phenoxy) is 1. The molecule has 21 heavy (non-hydrogen) atoms. The molecule has 2 nitrogen and oxygen atoms in total. The third-order valence-corrected chi connectivity index (χ3v) is 6.01. The van der Waals surface area contributed by atoms with Crippen molar-refractivity contribution in [2.24, 2.45) is 23.2 Å². The number of allylic oxidation sites excluding steroid dienone is 1.